The molecular weight excluding hydrogens is 242 g/mol. The Hall–Kier alpha value is -1.55. The molecule has 0 heterocycles. The summed E-state index contributed by atoms with van der Waals surface area (Å²) in [6.45, 7) is 2.41. The van der Waals surface area contributed by atoms with Crippen molar-refractivity contribution in [3.05, 3.63) is 29.3 Å². The van der Waals surface area contributed by atoms with E-state index in [1.54, 1.807) is 7.11 Å². The highest BCUT2D eigenvalue weighted by Crippen LogP contribution is 2.40. The average Bonchev–Trinajstić information content (AvgIpc) is 2.36. The third-order valence-electron chi connectivity index (χ3n) is 4.01. The summed E-state index contributed by atoms with van der Waals surface area (Å²) in [5.41, 5.74) is 1.57. The molecule has 0 saturated heterocycles. The van der Waals surface area contributed by atoms with E-state index < -0.39 is 5.41 Å². The van der Waals surface area contributed by atoms with Gasteiger partial charge in [0.1, 0.15) is 5.75 Å². The molecule has 1 aromatic rings. The van der Waals surface area contributed by atoms with Gasteiger partial charge in [-0.3, -0.25) is 4.79 Å². The van der Waals surface area contributed by atoms with Crippen molar-refractivity contribution in [1.82, 2.24) is 5.32 Å². The lowest BCUT2D eigenvalue weighted by atomic mass is 9.68. The second-order valence-corrected chi connectivity index (χ2v) is 5.28. The highest BCUT2D eigenvalue weighted by atomic mass is 16.5. The monoisotopic (exact) mass is 263 g/mol. The van der Waals surface area contributed by atoms with Crippen molar-refractivity contribution in [2.24, 2.45) is 5.41 Å². The van der Waals surface area contributed by atoms with Crippen LogP contribution < -0.4 is 10.1 Å². The van der Waals surface area contributed by atoms with Crippen molar-refractivity contribution in [2.45, 2.75) is 32.7 Å². The Labute approximate surface area is 113 Å². The molecule has 0 unspecified atom stereocenters. The van der Waals surface area contributed by atoms with Crippen LogP contribution >= 0.6 is 0 Å². The number of aliphatic hydroxyl groups excluding tert-OH is 1. The van der Waals surface area contributed by atoms with Crippen LogP contribution in [0.25, 0.3) is 0 Å². The zero-order valence-electron chi connectivity index (χ0n) is 11.5. The molecule has 1 aromatic carbocycles. The van der Waals surface area contributed by atoms with Gasteiger partial charge < -0.3 is 15.2 Å². The maximum atomic E-state index is 12.1. The molecular formula is C15H21NO3. The third-order valence-corrected chi connectivity index (χ3v) is 4.01. The van der Waals surface area contributed by atoms with Crippen LogP contribution in [-0.2, 0) is 11.3 Å². The number of ether oxygens (including phenoxy) is 1. The molecule has 4 nitrogen and oxygen atoms in total. The van der Waals surface area contributed by atoms with Gasteiger partial charge in [0, 0.05) is 6.54 Å². The Kier molecular flexibility index (Phi) is 4.10. The minimum absolute atomic E-state index is 0.0327. The topological polar surface area (TPSA) is 58.6 Å². The summed E-state index contributed by atoms with van der Waals surface area (Å²) in [5.74, 6) is 0.815. The number of hydrogen-bond donors (Lipinski definition) is 2. The van der Waals surface area contributed by atoms with E-state index >= 15 is 0 Å². The molecule has 0 bridgehead atoms. The fraction of sp³-hybridized carbons (Fsp3) is 0.533. The molecule has 104 valence electrons. The first-order valence-corrected chi connectivity index (χ1v) is 6.64. The molecule has 1 amide bonds. The molecule has 2 N–H and O–H groups in total. The van der Waals surface area contributed by atoms with Gasteiger partial charge in [-0.25, -0.2) is 0 Å². The molecule has 0 spiro atoms. The van der Waals surface area contributed by atoms with Gasteiger partial charge in [-0.2, -0.15) is 0 Å². The predicted octanol–water partition coefficient (Wildman–Crippen LogP) is 1.78. The molecule has 0 atom stereocenters. The molecule has 1 saturated carbocycles. The van der Waals surface area contributed by atoms with Gasteiger partial charge >= 0.3 is 0 Å². The van der Waals surface area contributed by atoms with Gasteiger partial charge in [0.25, 0.3) is 0 Å². The van der Waals surface area contributed by atoms with Gasteiger partial charge in [-0.1, -0.05) is 18.6 Å². The Balaban J connectivity index is 1.95. The van der Waals surface area contributed by atoms with Gasteiger partial charge in [-0.15, -0.1) is 0 Å². The largest absolute Gasteiger partial charge is 0.496 e. The second kappa shape index (κ2) is 5.61. The van der Waals surface area contributed by atoms with E-state index in [1.165, 1.54) is 0 Å². The summed E-state index contributed by atoms with van der Waals surface area (Å²) in [6, 6.07) is 5.85. The number of amides is 1. The van der Waals surface area contributed by atoms with E-state index in [0.717, 1.165) is 36.1 Å². The Morgan fingerprint density at radius 3 is 2.68 bits per heavy atom. The van der Waals surface area contributed by atoms with Crippen LogP contribution in [0.1, 0.15) is 30.4 Å². The molecule has 4 heteroatoms. The van der Waals surface area contributed by atoms with Crippen LogP contribution in [-0.4, -0.2) is 24.7 Å². The number of carbonyl (C=O) groups is 1. The summed E-state index contributed by atoms with van der Waals surface area (Å²) >= 11 is 0. The third kappa shape index (κ3) is 2.73. The summed E-state index contributed by atoms with van der Waals surface area (Å²) in [4.78, 5) is 12.1. The number of methoxy groups -OCH3 is 1. The molecule has 1 fully saturated rings. The summed E-state index contributed by atoms with van der Waals surface area (Å²) in [5, 5.41) is 12.3. The van der Waals surface area contributed by atoms with Crippen molar-refractivity contribution < 1.29 is 14.6 Å². The molecule has 1 aliphatic rings. The van der Waals surface area contributed by atoms with E-state index in [4.69, 9.17) is 4.74 Å². The van der Waals surface area contributed by atoms with Crippen molar-refractivity contribution in [3.8, 4) is 5.75 Å². The first-order chi connectivity index (χ1) is 9.11. The summed E-state index contributed by atoms with van der Waals surface area (Å²) in [6.07, 6.45) is 2.60. The molecule has 2 rings (SSSR count). The predicted molar refractivity (Wildman–Crippen MR) is 72.9 cm³/mol. The number of aryl methyl sites for hydroxylation is 1. The van der Waals surface area contributed by atoms with Crippen LogP contribution in [0.4, 0.5) is 0 Å². The van der Waals surface area contributed by atoms with Gasteiger partial charge in [0.15, 0.2) is 0 Å². The molecule has 1 aliphatic carbocycles. The number of hydrogen-bond acceptors (Lipinski definition) is 3. The molecule has 0 aromatic heterocycles. The quantitative estimate of drug-likeness (QED) is 0.851. The first kappa shape index (κ1) is 13.9. The number of benzene rings is 1. The van der Waals surface area contributed by atoms with Crippen LogP contribution in [0.5, 0.6) is 5.75 Å². The lowest BCUT2D eigenvalue weighted by Crippen LogP contribution is -2.47. The summed E-state index contributed by atoms with van der Waals surface area (Å²) in [7, 11) is 1.64. The van der Waals surface area contributed by atoms with Crippen molar-refractivity contribution >= 4 is 5.91 Å². The van der Waals surface area contributed by atoms with Crippen LogP contribution in [0.15, 0.2) is 18.2 Å². The zero-order valence-corrected chi connectivity index (χ0v) is 11.5. The second-order valence-electron chi connectivity index (χ2n) is 5.28. The Bertz CT molecular complexity index is 461. The Morgan fingerprint density at radius 1 is 1.47 bits per heavy atom. The first-order valence-electron chi connectivity index (χ1n) is 6.64. The SMILES string of the molecule is COc1ccc(CNC(=O)C2(CO)CCC2)cc1C. The van der Waals surface area contributed by atoms with E-state index in [9.17, 15) is 9.90 Å². The van der Waals surface area contributed by atoms with Crippen molar-refractivity contribution in [1.29, 1.82) is 0 Å². The van der Waals surface area contributed by atoms with Crippen LogP contribution in [0.2, 0.25) is 0 Å². The fourth-order valence-electron chi connectivity index (χ4n) is 2.48. The number of carbonyl (C=O) groups excluding carboxylic acids is 1. The minimum Gasteiger partial charge on any atom is -0.496 e. The standard InChI is InChI=1S/C15H21NO3/c1-11-8-12(4-5-13(11)19-2)9-16-14(18)15(10-17)6-3-7-15/h4-5,8,17H,3,6-7,9-10H2,1-2H3,(H,16,18). The van der Waals surface area contributed by atoms with Crippen molar-refractivity contribution in [2.75, 3.05) is 13.7 Å². The number of nitrogens with one attached hydrogen (secondary N) is 1. The van der Waals surface area contributed by atoms with E-state index in [0.29, 0.717) is 6.54 Å². The highest BCUT2D eigenvalue weighted by Gasteiger charge is 2.43. The summed E-state index contributed by atoms with van der Waals surface area (Å²) < 4.78 is 5.20. The lowest BCUT2D eigenvalue weighted by Gasteiger charge is -2.38. The molecule has 19 heavy (non-hydrogen) atoms. The Morgan fingerprint density at radius 2 is 2.21 bits per heavy atom. The van der Waals surface area contributed by atoms with Crippen molar-refractivity contribution in [3.63, 3.8) is 0 Å². The number of rotatable bonds is 5. The van der Waals surface area contributed by atoms with Crippen LogP contribution in [0, 0.1) is 12.3 Å². The van der Waals surface area contributed by atoms with E-state index in [-0.39, 0.29) is 12.5 Å². The average molecular weight is 263 g/mol. The minimum atomic E-state index is -0.526. The highest BCUT2D eigenvalue weighted by molar-refractivity contribution is 5.83. The lowest BCUT2D eigenvalue weighted by molar-refractivity contribution is -0.139. The maximum absolute atomic E-state index is 12.1. The van der Waals surface area contributed by atoms with Gasteiger partial charge in [0.2, 0.25) is 5.91 Å². The number of aliphatic hydroxyl groups is 1. The van der Waals surface area contributed by atoms with E-state index in [2.05, 4.69) is 5.32 Å². The molecule has 0 aliphatic heterocycles. The zero-order chi connectivity index (χ0) is 13.9. The van der Waals surface area contributed by atoms with Gasteiger partial charge in [0.05, 0.1) is 19.1 Å². The fourth-order valence-corrected chi connectivity index (χ4v) is 2.48. The molecule has 0 radical (unpaired) electrons. The van der Waals surface area contributed by atoms with Crippen LogP contribution in [0.3, 0.4) is 0 Å². The van der Waals surface area contributed by atoms with Gasteiger partial charge in [-0.05, 0) is 37.0 Å². The smallest absolute Gasteiger partial charge is 0.228 e. The normalized spacial score (nSPS) is 16.6. The maximum Gasteiger partial charge on any atom is 0.228 e. The van der Waals surface area contributed by atoms with E-state index in [1.807, 2.05) is 25.1 Å².